The Balaban J connectivity index is 1.91. The first-order chi connectivity index (χ1) is 9.87. The number of hydrogen-bond acceptors (Lipinski definition) is 3. The van der Waals surface area contributed by atoms with Crippen molar-refractivity contribution in [3.05, 3.63) is 41.5 Å². The first-order valence-electron chi connectivity index (χ1n) is 7.10. The van der Waals surface area contributed by atoms with E-state index < -0.39 is 9.84 Å². The smallest absolute Gasteiger partial charge is 0.226 e. The predicted octanol–water partition coefficient (Wildman–Crippen LogP) is 2.04. The summed E-state index contributed by atoms with van der Waals surface area (Å²) >= 11 is 0. The van der Waals surface area contributed by atoms with E-state index in [4.69, 9.17) is 0 Å². The topological polar surface area (TPSA) is 54.5 Å². The molecule has 0 radical (unpaired) electrons. The van der Waals surface area contributed by atoms with Crippen LogP contribution >= 0.6 is 0 Å². The summed E-state index contributed by atoms with van der Waals surface area (Å²) in [6, 6.07) is 7.83. The van der Waals surface area contributed by atoms with Gasteiger partial charge in [0.05, 0.1) is 11.5 Å². The predicted molar refractivity (Wildman–Crippen MR) is 84.7 cm³/mol. The standard InChI is InChI=1S/C16H21NO3S/c1-13-6-8-15(9-7-13)4-3-5-16(18)17-10-11-21(19,20)12-14(17)2/h3-4,6-9,14H,5,10-12H2,1-2H3/b4-3+/t14-/m0/s1. The van der Waals surface area contributed by atoms with Crippen LogP contribution < -0.4 is 0 Å². The summed E-state index contributed by atoms with van der Waals surface area (Å²) in [5, 5.41) is 0. The average molecular weight is 307 g/mol. The molecule has 1 heterocycles. The zero-order chi connectivity index (χ0) is 15.5. The van der Waals surface area contributed by atoms with E-state index in [-0.39, 0.29) is 23.5 Å². The molecule has 21 heavy (non-hydrogen) atoms. The first-order valence-corrected chi connectivity index (χ1v) is 8.92. The van der Waals surface area contributed by atoms with Gasteiger partial charge in [-0.1, -0.05) is 42.0 Å². The van der Waals surface area contributed by atoms with E-state index in [1.54, 1.807) is 11.8 Å². The van der Waals surface area contributed by atoms with Crippen molar-refractivity contribution >= 4 is 21.8 Å². The van der Waals surface area contributed by atoms with Crippen LogP contribution in [-0.2, 0) is 14.6 Å². The van der Waals surface area contributed by atoms with Gasteiger partial charge in [0.2, 0.25) is 5.91 Å². The molecule has 4 nitrogen and oxygen atoms in total. The molecular formula is C16H21NO3S. The fraction of sp³-hybridized carbons (Fsp3) is 0.438. The van der Waals surface area contributed by atoms with E-state index in [9.17, 15) is 13.2 Å². The lowest BCUT2D eigenvalue weighted by molar-refractivity contribution is -0.131. The Morgan fingerprint density at radius 1 is 1.33 bits per heavy atom. The molecule has 0 bridgehead atoms. The molecule has 0 aliphatic carbocycles. The van der Waals surface area contributed by atoms with Crippen molar-refractivity contribution in [3.63, 3.8) is 0 Å². The molecule has 1 aromatic carbocycles. The molecule has 1 aliphatic rings. The van der Waals surface area contributed by atoms with Crippen molar-refractivity contribution in [2.45, 2.75) is 26.3 Å². The van der Waals surface area contributed by atoms with Gasteiger partial charge in [0, 0.05) is 19.0 Å². The Bertz CT molecular complexity index is 632. The zero-order valence-corrected chi connectivity index (χ0v) is 13.3. The molecule has 5 heteroatoms. The lowest BCUT2D eigenvalue weighted by Crippen LogP contribution is -2.49. The fourth-order valence-electron chi connectivity index (χ4n) is 2.46. The van der Waals surface area contributed by atoms with Crippen LogP contribution in [-0.4, -0.2) is 43.3 Å². The Morgan fingerprint density at radius 3 is 2.62 bits per heavy atom. The molecule has 1 aromatic rings. The number of carbonyl (C=O) groups is 1. The minimum atomic E-state index is -2.98. The molecule has 2 rings (SSSR count). The molecule has 1 amide bonds. The van der Waals surface area contributed by atoms with Gasteiger partial charge in [-0.2, -0.15) is 0 Å². The van der Waals surface area contributed by atoms with Crippen LogP contribution in [0.1, 0.15) is 24.5 Å². The summed E-state index contributed by atoms with van der Waals surface area (Å²) in [7, 11) is -2.98. The second-order valence-electron chi connectivity index (χ2n) is 5.57. The number of hydrogen-bond donors (Lipinski definition) is 0. The molecule has 0 spiro atoms. The van der Waals surface area contributed by atoms with Gasteiger partial charge in [-0.3, -0.25) is 4.79 Å². The van der Waals surface area contributed by atoms with Crippen LogP contribution in [0, 0.1) is 6.92 Å². The number of sulfone groups is 1. The van der Waals surface area contributed by atoms with Gasteiger partial charge in [-0.15, -0.1) is 0 Å². The summed E-state index contributed by atoms with van der Waals surface area (Å²) in [6.45, 7) is 4.13. The van der Waals surface area contributed by atoms with Crippen molar-refractivity contribution in [1.29, 1.82) is 0 Å². The lowest BCUT2D eigenvalue weighted by atomic mass is 10.1. The van der Waals surface area contributed by atoms with Crippen molar-refractivity contribution in [2.75, 3.05) is 18.1 Å². The van der Waals surface area contributed by atoms with Gasteiger partial charge in [-0.05, 0) is 19.4 Å². The van der Waals surface area contributed by atoms with Gasteiger partial charge in [0.15, 0.2) is 9.84 Å². The van der Waals surface area contributed by atoms with E-state index in [0.717, 1.165) is 5.56 Å². The maximum Gasteiger partial charge on any atom is 0.226 e. The molecule has 114 valence electrons. The highest BCUT2D eigenvalue weighted by Crippen LogP contribution is 2.13. The van der Waals surface area contributed by atoms with Crippen LogP contribution in [0.25, 0.3) is 6.08 Å². The lowest BCUT2D eigenvalue weighted by Gasteiger charge is -2.33. The number of benzene rings is 1. The van der Waals surface area contributed by atoms with Crippen molar-refractivity contribution in [1.82, 2.24) is 4.90 Å². The van der Waals surface area contributed by atoms with Crippen molar-refractivity contribution in [2.24, 2.45) is 0 Å². The fourth-order valence-corrected chi connectivity index (χ4v) is 4.02. The van der Waals surface area contributed by atoms with E-state index >= 15 is 0 Å². The van der Waals surface area contributed by atoms with Gasteiger partial charge >= 0.3 is 0 Å². The molecule has 1 aliphatic heterocycles. The number of nitrogens with zero attached hydrogens (tertiary/aromatic N) is 1. The van der Waals surface area contributed by atoms with E-state index in [0.29, 0.717) is 13.0 Å². The second-order valence-corrected chi connectivity index (χ2v) is 7.80. The maximum atomic E-state index is 12.1. The van der Waals surface area contributed by atoms with E-state index in [2.05, 4.69) is 0 Å². The Labute approximate surface area is 126 Å². The summed E-state index contributed by atoms with van der Waals surface area (Å²) in [4.78, 5) is 13.8. The van der Waals surface area contributed by atoms with Crippen LogP contribution in [0.5, 0.6) is 0 Å². The molecular weight excluding hydrogens is 286 g/mol. The Morgan fingerprint density at radius 2 is 2.00 bits per heavy atom. The summed E-state index contributed by atoms with van der Waals surface area (Å²) in [6.07, 6.45) is 4.06. The van der Waals surface area contributed by atoms with Crippen LogP contribution in [0.2, 0.25) is 0 Å². The Hall–Kier alpha value is -1.62. The van der Waals surface area contributed by atoms with E-state index in [1.807, 2.05) is 43.3 Å². The SMILES string of the molecule is Cc1ccc(/C=C/CC(=O)N2CCS(=O)(=O)C[C@@H]2C)cc1. The number of carbonyl (C=O) groups excluding carboxylic acids is 1. The van der Waals surface area contributed by atoms with Gasteiger partial charge in [-0.25, -0.2) is 8.42 Å². The average Bonchev–Trinajstić information content (AvgIpc) is 2.40. The molecule has 0 unspecified atom stereocenters. The van der Waals surface area contributed by atoms with Gasteiger partial charge in [0.25, 0.3) is 0 Å². The molecule has 1 saturated heterocycles. The molecule has 0 saturated carbocycles. The largest absolute Gasteiger partial charge is 0.338 e. The summed E-state index contributed by atoms with van der Waals surface area (Å²) in [5.41, 5.74) is 2.26. The number of amides is 1. The van der Waals surface area contributed by atoms with Gasteiger partial charge in [0.1, 0.15) is 0 Å². The molecule has 1 fully saturated rings. The van der Waals surface area contributed by atoms with Crippen LogP contribution in [0.4, 0.5) is 0 Å². The third-order valence-corrected chi connectivity index (χ3v) is 5.47. The minimum Gasteiger partial charge on any atom is -0.338 e. The third-order valence-electron chi connectivity index (χ3n) is 3.67. The number of aryl methyl sites for hydroxylation is 1. The van der Waals surface area contributed by atoms with Gasteiger partial charge < -0.3 is 4.90 Å². The first kappa shape index (κ1) is 15.8. The highest BCUT2D eigenvalue weighted by molar-refractivity contribution is 7.91. The summed E-state index contributed by atoms with van der Waals surface area (Å²) in [5.74, 6) is 0.131. The molecule has 0 N–H and O–H groups in total. The molecule has 1 atom stereocenters. The van der Waals surface area contributed by atoms with Crippen molar-refractivity contribution in [3.8, 4) is 0 Å². The van der Waals surface area contributed by atoms with Crippen molar-refractivity contribution < 1.29 is 13.2 Å². The monoisotopic (exact) mass is 307 g/mol. The second kappa shape index (κ2) is 6.43. The minimum absolute atomic E-state index is 0.0132. The highest BCUT2D eigenvalue weighted by atomic mass is 32.2. The third kappa shape index (κ3) is 4.43. The van der Waals surface area contributed by atoms with E-state index in [1.165, 1.54) is 5.56 Å². The maximum absolute atomic E-state index is 12.1. The quantitative estimate of drug-likeness (QED) is 0.859. The van der Waals surface area contributed by atoms with Crippen LogP contribution in [0.3, 0.4) is 0 Å². The van der Waals surface area contributed by atoms with Crippen LogP contribution in [0.15, 0.2) is 30.3 Å². The number of rotatable bonds is 3. The normalized spacial score (nSPS) is 21.6. The summed E-state index contributed by atoms with van der Waals surface area (Å²) < 4.78 is 23.0. The highest BCUT2D eigenvalue weighted by Gasteiger charge is 2.30. The zero-order valence-electron chi connectivity index (χ0n) is 12.5. The molecule has 0 aromatic heterocycles. The Kier molecular flexibility index (Phi) is 4.83.